The lowest BCUT2D eigenvalue weighted by Gasteiger charge is -2.09. The van der Waals surface area contributed by atoms with E-state index in [-0.39, 0.29) is 6.04 Å². The summed E-state index contributed by atoms with van der Waals surface area (Å²) in [5.74, 6) is 0.969. The van der Waals surface area contributed by atoms with Crippen LogP contribution in [0.1, 0.15) is 24.5 Å². The highest BCUT2D eigenvalue weighted by Gasteiger charge is 2.06. The molecule has 0 amide bonds. The second kappa shape index (κ2) is 4.11. The van der Waals surface area contributed by atoms with Gasteiger partial charge in [0.05, 0.1) is 6.04 Å². The fraction of sp³-hybridized carbons (Fsp3) is 0.300. The van der Waals surface area contributed by atoms with E-state index in [2.05, 4.69) is 33.3 Å². The Bertz CT molecular complexity index is 349. The van der Waals surface area contributed by atoms with Crippen LogP contribution in [-0.2, 0) is 6.54 Å². The van der Waals surface area contributed by atoms with Crippen LogP contribution in [0.15, 0.2) is 30.7 Å². The van der Waals surface area contributed by atoms with E-state index in [1.165, 1.54) is 5.69 Å². The van der Waals surface area contributed by atoms with Crippen molar-refractivity contribution in [1.82, 2.24) is 20.3 Å². The summed E-state index contributed by atoms with van der Waals surface area (Å²) >= 11 is 0. The zero-order valence-electron chi connectivity index (χ0n) is 8.12. The van der Waals surface area contributed by atoms with Gasteiger partial charge in [-0.25, -0.2) is 4.98 Å². The lowest BCUT2D eigenvalue weighted by Crippen LogP contribution is -2.19. The molecule has 14 heavy (non-hydrogen) atoms. The van der Waals surface area contributed by atoms with Crippen LogP contribution in [0.4, 0.5) is 0 Å². The molecule has 4 nitrogen and oxygen atoms in total. The van der Waals surface area contributed by atoms with E-state index in [1.807, 2.05) is 18.5 Å². The fourth-order valence-corrected chi connectivity index (χ4v) is 1.35. The largest absolute Gasteiger partial charge is 0.364 e. The highest BCUT2D eigenvalue weighted by Crippen LogP contribution is 2.06. The van der Waals surface area contributed by atoms with Gasteiger partial charge in [0, 0.05) is 30.8 Å². The van der Waals surface area contributed by atoms with Crippen LogP contribution in [0.3, 0.4) is 0 Å². The Balaban J connectivity index is 1.87. The fourth-order valence-electron chi connectivity index (χ4n) is 1.35. The van der Waals surface area contributed by atoms with Crippen molar-refractivity contribution in [3.63, 3.8) is 0 Å². The van der Waals surface area contributed by atoms with Crippen LogP contribution in [0, 0.1) is 0 Å². The number of nitrogens with zero attached hydrogens (tertiary/aromatic N) is 1. The van der Waals surface area contributed by atoms with Gasteiger partial charge in [0.2, 0.25) is 0 Å². The summed E-state index contributed by atoms with van der Waals surface area (Å²) in [5, 5.41) is 3.36. The summed E-state index contributed by atoms with van der Waals surface area (Å²) in [6.07, 6.45) is 5.53. The van der Waals surface area contributed by atoms with E-state index in [1.54, 1.807) is 6.20 Å². The minimum absolute atomic E-state index is 0.244. The quantitative estimate of drug-likeness (QED) is 0.685. The zero-order valence-corrected chi connectivity index (χ0v) is 8.12. The van der Waals surface area contributed by atoms with Gasteiger partial charge in [0.1, 0.15) is 5.82 Å². The third-order valence-corrected chi connectivity index (χ3v) is 2.19. The normalized spacial score (nSPS) is 12.9. The van der Waals surface area contributed by atoms with Gasteiger partial charge >= 0.3 is 0 Å². The molecule has 0 saturated carbocycles. The lowest BCUT2D eigenvalue weighted by molar-refractivity contribution is 0.546. The Morgan fingerprint density at radius 1 is 1.43 bits per heavy atom. The molecule has 4 heteroatoms. The van der Waals surface area contributed by atoms with Gasteiger partial charge in [0.25, 0.3) is 0 Å². The predicted molar refractivity (Wildman–Crippen MR) is 54.6 cm³/mol. The van der Waals surface area contributed by atoms with Gasteiger partial charge < -0.3 is 15.3 Å². The van der Waals surface area contributed by atoms with Crippen LogP contribution in [-0.4, -0.2) is 15.0 Å². The predicted octanol–water partition coefficient (Wildman–Crippen LogP) is 1.59. The SMILES string of the molecule is CC(NCc1ccc[nH]1)c1ncc[nH]1. The second-order valence-electron chi connectivity index (χ2n) is 3.27. The van der Waals surface area contributed by atoms with E-state index in [0.29, 0.717) is 0 Å². The van der Waals surface area contributed by atoms with Crippen molar-refractivity contribution in [3.05, 3.63) is 42.2 Å². The molecular formula is C10H14N4. The number of H-pyrrole nitrogens is 2. The molecule has 1 unspecified atom stereocenters. The molecule has 0 aliphatic carbocycles. The summed E-state index contributed by atoms with van der Waals surface area (Å²) in [5.41, 5.74) is 1.18. The van der Waals surface area contributed by atoms with Crippen molar-refractivity contribution in [2.45, 2.75) is 19.5 Å². The first-order valence-corrected chi connectivity index (χ1v) is 4.71. The highest BCUT2D eigenvalue weighted by atomic mass is 15.0. The number of nitrogens with one attached hydrogen (secondary N) is 3. The first kappa shape index (κ1) is 9.02. The first-order chi connectivity index (χ1) is 6.86. The number of rotatable bonds is 4. The molecule has 74 valence electrons. The van der Waals surface area contributed by atoms with Gasteiger partial charge in [-0.2, -0.15) is 0 Å². The van der Waals surface area contributed by atoms with E-state index in [4.69, 9.17) is 0 Å². The smallest absolute Gasteiger partial charge is 0.122 e. The number of hydrogen-bond donors (Lipinski definition) is 3. The second-order valence-corrected chi connectivity index (χ2v) is 3.27. The van der Waals surface area contributed by atoms with Crippen molar-refractivity contribution in [2.75, 3.05) is 0 Å². The molecule has 1 atom stereocenters. The Morgan fingerprint density at radius 3 is 3.00 bits per heavy atom. The number of imidazole rings is 1. The molecule has 0 aliphatic heterocycles. The molecule has 2 aromatic heterocycles. The minimum Gasteiger partial charge on any atom is -0.364 e. The van der Waals surface area contributed by atoms with Crippen molar-refractivity contribution in [2.24, 2.45) is 0 Å². The molecule has 0 bridgehead atoms. The molecule has 2 rings (SSSR count). The average Bonchev–Trinajstić information content (AvgIpc) is 2.87. The van der Waals surface area contributed by atoms with Gasteiger partial charge in [-0.3, -0.25) is 0 Å². The molecule has 3 N–H and O–H groups in total. The maximum absolute atomic E-state index is 4.19. The topological polar surface area (TPSA) is 56.5 Å². The van der Waals surface area contributed by atoms with Crippen molar-refractivity contribution in [3.8, 4) is 0 Å². The Labute approximate surface area is 82.8 Å². The van der Waals surface area contributed by atoms with E-state index >= 15 is 0 Å². The summed E-state index contributed by atoms with van der Waals surface area (Å²) in [6.45, 7) is 2.91. The zero-order chi connectivity index (χ0) is 9.80. The van der Waals surface area contributed by atoms with Crippen LogP contribution < -0.4 is 5.32 Å². The van der Waals surface area contributed by atoms with Crippen LogP contribution in [0.25, 0.3) is 0 Å². The number of aromatic nitrogens is 3. The van der Waals surface area contributed by atoms with Gasteiger partial charge in [0.15, 0.2) is 0 Å². The number of hydrogen-bond acceptors (Lipinski definition) is 2. The molecule has 0 fully saturated rings. The maximum Gasteiger partial charge on any atom is 0.122 e. The standard InChI is InChI=1S/C10H14N4/c1-8(10-12-5-6-13-10)14-7-9-3-2-4-11-9/h2-6,8,11,14H,7H2,1H3,(H,12,13). The molecule has 0 saturated heterocycles. The molecular weight excluding hydrogens is 176 g/mol. The van der Waals surface area contributed by atoms with E-state index in [9.17, 15) is 0 Å². The lowest BCUT2D eigenvalue weighted by atomic mass is 10.3. The van der Waals surface area contributed by atoms with Gasteiger partial charge in [-0.1, -0.05) is 0 Å². The summed E-state index contributed by atoms with van der Waals surface area (Å²) in [4.78, 5) is 10.4. The van der Waals surface area contributed by atoms with Crippen molar-refractivity contribution in [1.29, 1.82) is 0 Å². The van der Waals surface area contributed by atoms with Crippen molar-refractivity contribution >= 4 is 0 Å². The van der Waals surface area contributed by atoms with Crippen LogP contribution in [0.5, 0.6) is 0 Å². The molecule has 0 spiro atoms. The Kier molecular flexibility index (Phi) is 2.65. The molecule has 2 aromatic rings. The Hall–Kier alpha value is -1.55. The van der Waals surface area contributed by atoms with Gasteiger partial charge in [-0.05, 0) is 19.1 Å². The summed E-state index contributed by atoms with van der Waals surface area (Å²) in [6, 6.07) is 4.30. The average molecular weight is 190 g/mol. The van der Waals surface area contributed by atoms with Crippen LogP contribution >= 0.6 is 0 Å². The third-order valence-electron chi connectivity index (χ3n) is 2.19. The minimum atomic E-state index is 0.244. The molecule has 0 aliphatic rings. The molecule has 2 heterocycles. The van der Waals surface area contributed by atoms with Gasteiger partial charge in [-0.15, -0.1) is 0 Å². The summed E-state index contributed by atoms with van der Waals surface area (Å²) < 4.78 is 0. The molecule has 0 aromatic carbocycles. The monoisotopic (exact) mass is 190 g/mol. The van der Waals surface area contributed by atoms with E-state index in [0.717, 1.165) is 12.4 Å². The Morgan fingerprint density at radius 2 is 2.36 bits per heavy atom. The number of aromatic amines is 2. The first-order valence-electron chi connectivity index (χ1n) is 4.71. The van der Waals surface area contributed by atoms with E-state index < -0.39 is 0 Å². The van der Waals surface area contributed by atoms with Crippen LogP contribution in [0.2, 0.25) is 0 Å². The highest BCUT2D eigenvalue weighted by molar-refractivity contribution is 5.04. The summed E-state index contributed by atoms with van der Waals surface area (Å²) in [7, 11) is 0. The third kappa shape index (κ3) is 2.03. The molecule has 0 radical (unpaired) electrons. The maximum atomic E-state index is 4.19. The van der Waals surface area contributed by atoms with Crippen molar-refractivity contribution < 1.29 is 0 Å².